The third-order valence-electron chi connectivity index (χ3n) is 3.47. The summed E-state index contributed by atoms with van der Waals surface area (Å²) in [5, 5.41) is 0. The highest BCUT2D eigenvalue weighted by molar-refractivity contribution is 5.69. The lowest BCUT2D eigenvalue weighted by molar-refractivity contribution is -0.131. The van der Waals surface area contributed by atoms with Gasteiger partial charge in [0, 0.05) is 12.8 Å². The molecule has 1 atom stereocenters. The van der Waals surface area contributed by atoms with Gasteiger partial charge in [0.15, 0.2) is 0 Å². The molecule has 2 aromatic carbocycles. The molecule has 0 aliphatic rings. The lowest BCUT2D eigenvalue weighted by atomic mass is 9.89. The predicted molar refractivity (Wildman–Crippen MR) is 82.9 cm³/mol. The van der Waals surface area contributed by atoms with Gasteiger partial charge in [-0.05, 0) is 41.8 Å². The minimum absolute atomic E-state index is 0.301. The van der Waals surface area contributed by atoms with E-state index in [1.165, 1.54) is 18.1 Å². The van der Waals surface area contributed by atoms with Crippen LogP contribution in [0.15, 0.2) is 48.5 Å². The highest BCUT2D eigenvalue weighted by Gasteiger charge is 2.12. The van der Waals surface area contributed by atoms with Crippen LogP contribution in [0.2, 0.25) is 0 Å². The van der Waals surface area contributed by atoms with Crippen molar-refractivity contribution in [1.82, 2.24) is 0 Å². The summed E-state index contributed by atoms with van der Waals surface area (Å²) in [6, 6.07) is 15.8. The number of rotatable bonds is 5. The number of carbonyl (C=O) groups is 1. The molecule has 2 aromatic rings. The van der Waals surface area contributed by atoms with Gasteiger partial charge in [0.25, 0.3) is 0 Å². The maximum atomic E-state index is 10.9. The van der Waals surface area contributed by atoms with Crippen LogP contribution in [0.3, 0.4) is 0 Å². The van der Waals surface area contributed by atoms with Crippen LogP contribution in [0.1, 0.15) is 37.3 Å². The molecule has 1 unspecified atom stereocenters. The Morgan fingerprint density at radius 1 is 0.952 bits per heavy atom. The summed E-state index contributed by atoms with van der Waals surface area (Å²) in [4.78, 5) is 10.9. The van der Waals surface area contributed by atoms with Crippen LogP contribution in [0.5, 0.6) is 11.5 Å². The molecule has 0 fully saturated rings. The molecule has 2 rings (SSSR count). The largest absolute Gasteiger partial charge is 0.497 e. The summed E-state index contributed by atoms with van der Waals surface area (Å²) < 4.78 is 10.3. The van der Waals surface area contributed by atoms with Gasteiger partial charge in [-0.15, -0.1) is 0 Å². The Balaban J connectivity index is 2.21. The zero-order valence-electron chi connectivity index (χ0n) is 12.6. The first kappa shape index (κ1) is 15.1. The molecule has 0 radical (unpaired) electrons. The number of esters is 1. The molecule has 0 saturated carbocycles. The van der Waals surface area contributed by atoms with Gasteiger partial charge in [0.05, 0.1) is 7.11 Å². The number of hydrogen-bond acceptors (Lipinski definition) is 3. The van der Waals surface area contributed by atoms with Crippen molar-refractivity contribution in [3.8, 4) is 11.5 Å². The molecule has 0 bridgehead atoms. The normalized spacial score (nSPS) is 11.8. The quantitative estimate of drug-likeness (QED) is 0.611. The van der Waals surface area contributed by atoms with Gasteiger partial charge in [0.1, 0.15) is 11.5 Å². The van der Waals surface area contributed by atoms with Gasteiger partial charge >= 0.3 is 5.97 Å². The molecule has 0 aliphatic carbocycles. The van der Waals surface area contributed by atoms with Crippen LogP contribution >= 0.6 is 0 Å². The molecular formula is C18H20O3. The smallest absolute Gasteiger partial charge is 0.308 e. The second-order valence-electron chi connectivity index (χ2n) is 4.90. The van der Waals surface area contributed by atoms with E-state index in [-0.39, 0.29) is 5.97 Å². The Labute approximate surface area is 125 Å². The Kier molecular flexibility index (Phi) is 4.99. The average Bonchev–Trinajstić information content (AvgIpc) is 2.50. The summed E-state index contributed by atoms with van der Waals surface area (Å²) in [6.45, 7) is 3.56. The highest BCUT2D eigenvalue weighted by atomic mass is 16.5. The minimum Gasteiger partial charge on any atom is -0.497 e. The summed E-state index contributed by atoms with van der Waals surface area (Å²) >= 11 is 0. The fourth-order valence-corrected chi connectivity index (χ4v) is 2.43. The molecule has 0 N–H and O–H groups in total. The van der Waals surface area contributed by atoms with E-state index in [1.807, 2.05) is 36.4 Å². The molecule has 0 spiro atoms. The number of carbonyl (C=O) groups excluding carboxylic acids is 1. The van der Waals surface area contributed by atoms with E-state index in [1.54, 1.807) is 7.11 Å². The zero-order valence-corrected chi connectivity index (χ0v) is 12.6. The predicted octanol–water partition coefficient (Wildman–Crippen LogP) is 4.16. The first-order valence-electron chi connectivity index (χ1n) is 7.06. The average molecular weight is 284 g/mol. The van der Waals surface area contributed by atoms with Crippen molar-refractivity contribution in [3.05, 3.63) is 59.7 Å². The van der Waals surface area contributed by atoms with E-state index in [2.05, 4.69) is 19.1 Å². The van der Waals surface area contributed by atoms with Crippen molar-refractivity contribution in [3.63, 3.8) is 0 Å². The summed E-state index contributed by atoms with van der Waals surface area (Å²) in [7, 11) is 1.67. The van der Waals surface area contributed by atoms with Crippen molar-refractivity contribution in [2.45, 2.75) is 26.2 Å². The van der Waals surface area contributed by atoms with E-state index in [9.17, 15) is 4.79 Å². The van der Waals surface area contributed by atoms with E-state index in [0.717, 1.165) is 12.2 Å². The standard InChI is InChI=1S/C18H20O3/c1-4-18(14-5-9-16(20-3)10-6-14)15-7-11-17(12-8-15)21-13(2)19/h5-12,18H,4H2,1-3H3. The van der Waals surface area contributed by atoms with Crippen LogP contribution in [-0.4, -0.2) is 13.1 Å². The van der Waals surface area contributed by atoms with Crippen LogP contribution < -0.4 is 9.47 Å². The number of hydrogen-bond donors (Lipinski definition) is 0. The molecule has 110 valence electrons. The first-order valence-corrected chi connectivity index (χ1v) is 7.06. The third-order valence-corrected chi connectivity index (χ3v) is 3.47. The van der Waals surface area contributed by atoms with Crippen molar-refractivity contribution >= 4 is 5.97 Å². The second kappa shape index (κ2) is 6.93. The fraction of sp³-hybridized carbons (Fsp3) is 0.278. The highest BCUT2D eigenvalue weighted by Crippen LogP contribution is 2.30. The lowest BCUT2D eigenvalue weighted by Crippen LogP contribution is -2.03. The van der Waals surface area contributed by atoms with Gasteiger partial charge < -0.3 is 9.47 Å². The van der Waals surface area contributed by atoms with Gasteiger partial charge in [-0.3, -0.25) is 4.79 Å². The summed E-state index contributed by atoms with van der Waals surface area (Å²) in [5.41, 5.74) is 2.46. The molecule has 0 saturated heterocycles. The summed E-state index contributed by atoms with van der Waals surface area (Å²) in [6.07, 6.45) is 0.999. The van der Waals surface area contributed by atoms with Gasteiger partial charge in [0.2, 0.25) is 0 Å². The molecule has 21 heavy (non-hydrogen) atoms. The van der Waals surface area contributed by atoms with E-state index in [4.69, 9.17) is 9.47 Å². The first-order chi connectivity index (χ1) is 10.1. The van der Waals surface area contributed by atoms with Crippen LogP contribution in [0.25, 0.3) is 0 Å². The topological polar surface area (TPSA) is 35.5 Å². The Morgan fingerprint density at radius 2 is 1.43 bits per heavy atom. The maximum Gasteiger partial charge on any atom is 0.308 e. The van der Waals surface area contributed by atoms with E-state index in [0.29, 0.717) is 11.7 Å². The van der Waals surface area contributed by atoms with Crippen LogP contribution in [-0.2, 0) is 4.79 Å². The fourth-order valence-electron chi connectivity index (χ4n) is 2.43. The van der Waals surface area contributed by atoms with Gasteiger partial charge in [-0.1, -0.05) is 31.2 Å². The summed E-state index contributed by atoms with van der Waals surface area (Å²) in [5.74, 6) is 1.46. The Hall–Kier alpha value is -2.29. The van der Waals surface area contributed by atoms with Crippen LogP contribution in [0.4, 0.5) is 0 Å². The molecular weight excluding hydrogens is 264 g/mol. The maximum absolute atomic E-state index is 10.9. The van der Waals surface area contributed by atoms with Crippen molar-refractivity contribution in [2.75, 3.05) is 7.11 Å². The second-order valence-corrected chi connectivity index (χ2v) is 4.90. The third kappa shape index (κ3) is 3.85. The van der Waals surface area contributed by atoms with Gasteiger partial charge in [-0.2, -0.15) is 0 Å². The van der Waals surface area contributed by atoms with Crippen molar-refractivity contribution in [1.29, 1.82) is 0 Å². The SMILES string of the molecule is CCC(c1ccc(OC)cc1)c1ccc(OC(C)=O)cc1. The molecule has 0 amide bonds. The van der Waals surface area contributed by atoms with E-state index < -0.39 is 0 Å². The monoisotopic (exact) mass is 284 g/mol. The Bertz CT molecular complexity index is 585. The molecule has 0 heterocycles. The van der Waals surface area contributed by atoms with Crippen molar-refractivity contribution in [2.24, 2.45) is 0 Å². The number of methoxy groups -OCH3 is 1. The van der Waals surface area contributed by atoms with E-state index >= 15 is 0 Å². The Morgan fingerprint density at radius 3 is 1.81 bits per heavy atom. The lowest BCUT2D eigenvalue weighted by Gasteiger charge is -2.16. The van der Waals surface area contributed by atoms with Gasteiger partial charge in [-0.25, -0.2) is 0 Å². The van der Waals surface area contributed by atoms with Crippen LogP contribution in [0, 0.1) is 0 Å². The zero-order chi connectivity index (χ0) is 15.2. The number of benzene rings is 2. The molecule has 3 nitrogen and oxygen atoms in total. The van der Waals surface area contributed by atoms with Crippen molar-refractivity contribution < 1.29 is 14.3 Å². The molecule has 0 aliphatic heterocycles. The minimum atomic E-state index is -0.301. The number of ether oxygens (including phenoxy) is 2. The molecule has 3 heteroatoms. The molecule has 0 aromatic heterocycles.